The van der Waals surface area contributed by atoms with Crippen LogP contribution in [0, 0.1) is 0 Å². The number of thiazole rings is 1. The van der Waals surface area contributed by atoms with E-state index in [1.54, 1.807) is 31.3 Å². The molecule has 0 unspecified atom stereocenters. The number of carboxylic acids is 1. The van der Waals surface area contributed by atoms with Gasteiger partial charge in [0, 0.05) is 30.8 Å². The largest absolute Gasteiger partial charge is 0.477 e. The Balaban J connectivity index is 1.50. The maximum absolute atomic E-state index is 13.1. The third-order valence-corrected chi connectivity index (χ3v) is 9.00. The van der Waals surface area contributed by atoms with Crippen LogP contribution in [0.5, 0.6) is 0 Å². The Kier molecular flexibility index (Phi) is 9.35. The van der Waals surface area contributed by atoms with Crippen LogP contribution < -0.4 is 16.0 Å². The van der Waals surface area contributed by atoms with E-state index in [-0.39, 0.29) is 45.4 Å². The number of nitrogens with two attached hydrogens (primary N) is 1. The lowest BCUT2D eigenvalue weighted by molar-refractivity contribution is -0.150. The lowest BCUT2D eigenvalue weighted by Crippen LogP contribution is -2.71. The predicted octanol–water partition coefficient (Wildman–Crippen LogP) is 1.30. The molecule has 2 atom stereocenters. The van der Waals surface area contributed by atoms with Gasteiger partial charge in [0.2, 0.25) is 5.91 Å². The van der Waals surface area contributed by atoms with Crippen molar-refractivity contribution in [1.82, 2.24) is 15.2 Å². The summed E-state index contributed by atoms with van der Waals surface area (Å²) < 4.78 is 0. The summed E-state index contributed by atoms with van der Waals surface area (Å²) in [6.07, 6.45) is 0.232. The van der Waals surface area contributed by atoms with Crippen LogP contribution in [0.3, 0.4) is 0 Å². The minimum Gasteiger partial charge on any atom is -0.477 e. The molecule has 1 fully saturated rings. The van der Waals surface area contributed by atoms with Crippen LogP contribution in [0.2, 0.25) is 0 Å². The van der Waals surface area contributed by atoms with E-state index in [9.17, 15) is 29.1 Å². The summed E-state index contributed by atoms with van der Waals surface area (Å²) >= 11 is 3.37. The number of oxime groups is 1. The molecule has 16 heteroatoms. The Morgan fingerprint density at radius 1 is 1.34 bits per heavy atom. The second-order valence-corrected chi connectivity index (χ2v) is 12.0. The Morgan fingerprint density at radius 3 is 2.73 bits per heavy atom. The zero-order valence-electron chi connectivity index (χ0n) is 22.2. The van der Waals surface area contributed by atoms with E-state index < -0.39 is 29.2 Å². The van der Waals surface area contributed by atoms with Crippen LogP contribution in [0.4, 0.5) is 10.8 Å². The average molecular weight is 619 g/mol. The molecule has 0 saturated carbocycles. The van der Waals surface area contributed by atoms with Crippen molar-refractivity contribution in [3.8, 4) is 0 Å². The van der Waals surface area contributed by atoms with Crippen molar-refractivity contribution in [2.45, 2.75) is 24.8 Å². The lowest BCUT2D eigenvalue weighted by Gasteiger charge is -2.49. The van der Waals surface area contributed by atoms with Gasteiger partial charge in [0.05, 0.1) is 5.75 Å². The molecular weight excluding hydrogens is 593 g/mol. The molecule has 2 aromatic rings. The Bertz CT molecular complexity index is 1470. The number of fused-ring (bicyclic) bond motifs is 1. The molecule has 13 nitrogen and oxygen atoms in total. The van der Waals surface area contributed by atoms with Crippen LogP contribution in [-0.4, -0.2) is 86.6 Å². The fourth-order valence-corrected chi connectivity index (χ4v) is 6.66. The number of carbonyl (C=O) groups is 5. The number of nitrogens with one attached hydrogen (secondary N) is 1. The molecule has 41 heavy (non-hydrogen) atoms. The van der Waals surface area contributed by atoms with Crippen molar-refractivity contribution in [1.29, 1.82) is 0 Å². The molecular formula is C25H26N6O7S3. The average Bonchev–Trinajstić information content (AvgIpc) is 3.37. The fourth-order valence-electron chi connectivity index (χ4n) is 4.25. The van der Waals surface area contributed by atoms with Gasteiger partial charge < -0.3 is 25.9 Å². The van der Waals surface area contributed by atoms with Gasteiger partial charge in [0.25, 0.3) is 11.8 Å². The van der Waals surface area contributed by atoms with E-state index in [1.165, 1.54) is 41.0 Å². The Labute approximate surface area is 247 Å². The second-order valence-electron chi connectivity index (χ2n) is 8.89. The molecule has 1 saturated heterocycles. The number of nitrogens with zero attached hydrogens (tertiary/aromatic N) is 4. The van der Waals surface area contributed by atoms with Crippen molar-refractivity contribution in [2.24, 2.45) is 5.16 Å². The first-order chi connectivity index (χ1) is 19.5. The summed E-state index contributed by atoms with van der Waals surface area (Å²) in [6.45, 7) is 1.39. The van der Waals surface area contributed by atoms with E-state index in [0.29, 0.717) is 17.0 Å². The highest BCUT2D eigenvalue weighted by Gasteiger charge is 2.54. The molecule has 216 valence electrons. The quantitative estimate of drug-likeness (QED) is 0.198. The van der Waals surface area contributed by atoms with E-state index in [0.717, 1.165) is 28.7 Å². The maximum atomic E-state index is 13.1. The summed E-state index contributed by atoms with van der Waals surface area (Å²) in [5, 5.41) is 17.3. The minimum atomic E-state index is -1.26. The SMILES string of the molecule is CO/N=C(\C(=O)N[C@@H]1C(=O)N2C(C(=O)O)=C(Cc3cccc(N(C)C(=O)CSC(C)=O)c3)CS[C@H]12)c1csc(N)n1. The first kappa shape index (κ1) is 30.1. The first-order valence-corrected chi connectivity index (χ1v) is 15.0. The third kappa shape index (κ3) is 6.55. The molecule has 1 aromatic carbocycles. The fraction of sp³-hybridized carbons (Fsp3) is 0.320. The molecule has 0 bridgehead atoms. The van der Waals surface area contributed by atoms with Gasteiger partial charge in [-0.3, -0.25) is 24.1 Å². The number of amides is 3. The number of anilines is 2. The van der Waals surface area contributed by atoms with E-state index in [4.69, 9.17) is 10.6 Å². The normalized spacial score (nSPS) is 18.4. The van der Waals surface area contributed by atoms with Gasteiger partial charge in [-0.05, 0) is 29.7 Å². The summed E-state index contributed by atoms with van der Waals surface area (Å²) in [4.78, 5) is 73.4. The smallest absolute Gasteiger partial charge is 0.352 e. The third-order valence-electron chi connectivity index (χ3n) is 6.19. The van der Waals surface area contributed by atoms with Gasteiger partial charge in [-0.2, -0.15) is 0 Å². The van der Waals surface area contributed by atoms with Gasteiger partial charge in [-0.25, -0.2) is 9.78 Å². The topological polar surface area (TPSA) is 185 Å². The number of carbonyl (C=O) groups excluding carboxylic acids is 4. The van der Waals surface area contributed by atoms with Crippen LogP contribution in [0.1, 0.15) is 18.2 Å². The number of carboxylic acid groups (broad SMARTS) is 1. The van der Waals surface area contributed by atoms with Gasteiger partial charge in [0.1, 0.15) is 29.9 Å². The second kappa shape index (κ2) is 12.7. The maximum Gasteiger partial charge on any atom is 0.352 e. The highest BCUT2D eigenvalue weighted by molar-refractivity contribution is 8.14. The van der Waals surface area contributed by atoms with Gasteiger partial charge in [0.15, 0.2) is 16.0 Å². The van der Waals surface area contributed by atoms with Gasteiger partial charge >= 0.3 is 5.97 Å². The van der Waals surface area contributed by atoms with Gasteiger partial charge in [-0.15, -0.1) is 23.1 Å². The zero-order chi connectivity index (χ0) is 29.8. The molecule has 0 radical (unpaired) electrons. The molecule has 0 spiro atoms. The summed E-state index contributed by atoms with van der Waals surface area (Å²) in [6, 6.07) is 6.09. The standard InChI is InChI=1S/C25H26N6O7S3/c1-12(32)39-11-17(33)30(2)15-6-4-5-13(8-15)7-14-9-40-23-19(22(35)31(23)20(14)24(36)37)28-21(34)18(29-38-3)16-10-41-25(26)27-16/h4-6,8,10,19,23H,7,9,11H2,1-3H3,(H2,26,27)(H,28,34)(H,36,37)/b29-18-/t19-,23-/m1/s1. The zero-order valence-corrected chi connectivity index (χ0v) is 24.6. The highest BCUT2D eigenvalue weighted by Crippen LogP contribution is 2.41. The Hall–Kier alpha value is -3.89. The Morgan fingerprint density at radius 2 is 2.10 bits per heavy atom. The molecule has 2 aliphatic rings. The van der Waals surface area contributed by atoms with Crippen LogP contribution in [-0.2, 0) is 35.2 Å². The van der Waals surface area contributed by atoms with Crippen LogP contribution in [0.15, 0.2) is 46.1 Å². The number of rotatable bonds is 10. The van der Waals surface area contributed by atoms with Crippen molar-refractivity contribution in [3.63, 3.8) is 0 Å². The first-order valence-electron chi connectivity index (χ1n) is 12.0. The van der Waals surface area contributed by atoms with Crippen molar-refractivity contribution in [2.75, 3.05) is 36.3 Å². The van der Waals surface area contributed by atoms with Gasteiger partial charge in [-0.1, -0.05) is 29.1 Å². The number of β-lactam (4-membered cyclic amide) rings is 1. The molecule has 0 aliphatic carbocycles. The summed E-state index contributed by atoms with van der Waals surface area (Å²) in [5.74, 6) is -2.47. The number of nitrogen functional groups attached to an aromatic ring is 1. The van der Waals surface area contributed by atoms with Crippen molar-refractivity contribution < 1.29 is 33.9 Å². The molecule has 4 N–H and O–H groups in total. The van der Waals surface area contributed by atoms with E-state index in [2.05, 4.69) is 15.5 Å². The molecule has 4 rings (SSSR count). The number of benzene rings is 1. The predicted molar refractivity (Wildman–Crippen MR) is 156 cm³/mol. The summed E-state index contributed by atoms with van der Waals surface area (Å²) in [5.41, 5.74) is 7.41. The van der Waals surface area contributed by atoms with E-state index in [1.807, 2.05) is 0 Å². The lowest BCUT2D eigenvalue weighted by atomic mass is 9.98. The number of aliphatic carboxylic acids is 1. The number of hydrogen-bond donors (Lipinski definition) is 3. The van der Waals surface area contributed by atoms with Crippen LogP contribution in [0.25, 0.3) is 0 Å². The highest BCUT2D eigenvalue weighted by atomic mass is 32.2. The van der Waals surface area contributed by atoms with E-state index >= 15 is 0 Å². The molecule has 3 amide bonds. The number of hydrogen-bond acceptors (Lipinski definition) is 12. The van der Waals surface area contributed by atoms with Crippen LogP contribution >= 0.6 is 34.9 Å². The molecule has 3 heterocycles. The van der Waals surface area contributed by atoms with Crippen molar-refractivity contribution >= 4 is 80.2 Å². The van der Waals surface area contributed by atoms with Crippen molar-refractivity contribution in [3.05, 3.63) is 52.2 Å². The molecule has 2 aliphatic heterocycles. The number of thioether (sulfide) groups is 2. The molecule has 1 aromatic heterocycles. The monoisotopic (exact) mass is 618 g/mol. The number of aromatic nitrogens is 1. The summed E-state index contributed by atoms with van der Waals surface area (Å²) in [7, 11) is 2.87. The minimum absolute atomic E-state index is 0.00777.